The van der Waals surface area contributed by atoms with Gasteiger partial charge in [0.15, 0.2) is 0 Å². The average molecular weight is 359 g/mol. The summed E-state index contributed by atoms with van der Waals surface area (Å²) in [6.07, 6.45) is 0. The summed E-state index contributed by atoms with van der Waals surface area (Å²) in [7, 11) is -8.45. The minimum absolute atomic E-state index is 0.105. The van der Waals surface area contributed by atoms with Crippen molar-refractivity contribution in [3.63, 3.8) is 0 Å². The third-order valence-corrected chi connectivity index (χ3v) is 5.38. The van der Waals surface area contributed by atoms with Crippen molar-refractivity contribution in [2.24, 2.45) is 0 Å². The highest BCUT2D eigenvalue weighted by Crippen LogP contribution is 2.29. The molecule has 1 aromatic carbocycles. The van der Waals surface area contributed by atoms with Crippen LogP contribution in [0.3, 0.4) is 0 Å². The Morgan fingerprint density at radius 1 is 1.28 bits per heavy atom. The fourth-order valence-electron chi connectivity index (χ4n) is 1.25. The van der Waals surface area contributed by atoms with E-state index in [9.17, 15) is 16.8 Å². The van der Waals surface area contributed by atoms with Crippen LogP contribution in [0, 0.1) is 0 Å². The quantitative estimate of drug-likeness (QED) is 0.533. The Balaban J connectivity index is 3.59. The van der Waals surface area contributed by atoms with Gasteiger partial charge in [0.05, 0.1) is 10.6 Å². The van der Waals surface area contributed by atoms with Gasteiger partial charge in [0.25, 0.3) is 10.1 Å². The summed E-state index contributed by atoms with van der Waals surface area (Å²) < 4.78 is 56.9. The SMILES string of the molecule is CCNS(=O)(=O)c1cc(S(=O)(=O)O)c(N)cc1Br. The molecule has 0 unspecified atom stereocenters. The molecule has 0 aliphatic rings. The second-order valence-corrected chi connectivity index (χ2v) is 7.28. The van der Waals surface area contributed by atoms with Gasteiger partial charge >= 0.3 is 0 Å². The van der Waals surface area contributed by atoms with Crippen LogP contribution in [0.5, 0.6) is 0 Å². The van der Waals surface area contributed by atoms with Crippen LogP contribution < -0.4 is 10.5 Å². The Labute approximate surface area is 113 Å². The maximum Gasteiger partial charge on any atom is 0.296 e. The first-order valence-electron chi connectivity index (χ1n) is 4.65. The fraction of sp³-hybridized carbons (Fsp3) is 0.250. The summed E-state index contributed by atoms with van der Waals surface area (Å²) in [4.78, 5) is -0.964. The van der Waals surface area contributed by atoms with Crippen LogP contribution >= 0.6 is 15.9 Å². The highest BCUT2D eigenvalue weighted by atomic mass is 79.9. The van der Waals surface area contributed by atoms with Gasteiger partial charge in [-0.3, -0.25) is 4.55 Å². The number of hydrogen-bond acceptors (Lipinski definition) is 5. The maximum absolute atomic E-state index is 11.8. The Morgan fingerprint density at radius 2 is 1.83 bits per heavy atom. The molecule has 0 spiro atoms. The number of nitrogens with one attached hydrogen (secondary N) is 1. The molecule has 7 nitrogen and oxygen atoms in total. The Morgan fingerprint density at radius 3 is 2.28 bits per heavy atom. The van der Waals surface area contributed by atoms with Gasteiger partial charge in [0.1, 0.15) is 4.90 Å². The predicted octanol–water partition coefficient (Wildman–Crippen LogP) is 0.576. The molecule has 1 aromatic rings. The molecule has 0 saturated heterocycles. The minimum atomic E-state index is -4.59. The number of benzene rings is 1. The average Bonchev–Trinajstić information content (AvgIpc) is 2.14. The summed E-state index contributed by atoms with van der Waals surface area (Å²) in [5.41, 5.74) is 5.16. The van der Waals surface area contributed by atoms with Crippen molar-refractivity contribution in [3.8, 4) is 0 Å². The van der Waals surface area contributed by atoms with E-state index in [0.717, 1.165) is 12.1 Å². The van der Waals surface area contributed by atoms with Crippen molar-refractivity contribution >= 4 is 41.8 Å². The molecule has 102 valence electrons. The van der Waals surface area contributed by atoms with Crippen LogP contribution in [0.15, 0.2) is 26.4 Å². The highest BCUT2D eigenvalue weighted by molar-refractivity contribution is 9.10. The van der Waals surface area contributed by atoms with Gasteiger partial charge < -0.3 is 5.73 Å². The van der Waals surface area contributed by atoms with Crippen molar-refractivity contribution in [2.75, 3.05) is 12.3 Å². The third-order valence-electron chi connectivity index (χ3n) is 1.97. The van der Waals surface area contributed by atoms with Gasteiger partial charge in [-0.1, -0.05) is 6.92 Å². The van der Waals surface area contributed by atoms with E-state index in [2.05, 4.69) is 20.7 Å². The number of sulfonamides is 1. The highest BCUT2D eigenvalue weighted by Gasteiger charge is 2.23. The smallest absolute Gasteiger partial charge is 0.296 e. The molecule has 4 N–H and O–H groups in total. The molecule has 0 aliphatic heterocycles. The van der Waals surface area contributed by atoms with Gasteiger partial charge in [-0.05, 0) is 28.1 Å². The van der Waals surface area contributed by atoms with Gasteiger partial charge in [-0.2, -0.15) is 8.42 Å². The van der Waals surface area contributed by atoms with Crippen molar-refractivity contribution < 1.29 is 21.4 Å². The lowest BCUT2D eigenvalue weighted by Gasteiger charge is -2.10. The van der Waals surface area contributed by atoms with Crippen molar-refractivity contribution in [3.05, 3.63) is 16.6 Å². The number of nitrogens with two attached hydrogens (primary N) is 1. The molecular formula is C8H11BrN2O5S2. The molecule has 0 atom stereocenters. The Kier molecular flexibility index (Phi) is 4.38. The molecule has 0 bridgehead atoms. The normalized spacial score (nSPS) is 12.6. The van der Waals surface area contributed by atoms with Crippen molar-refractivity contribution in [1.29, 1.82) is 0 Å². The van der Waals surface area contributed by atoms with Crippen LogP contribution in [0.1, 0.15) is 6.92 Å². The molecule has 1 rings (SSSR count). The zero-order valence-corrected chi connectivity index (χ0v) is 12.4. The first-order chi connectivity index (χ1) is 8.09. The van der Waals surface area contributed by atoms with Gasteiger partial charge in [-0.15, -0.1) is 0 Å². The molecule has 0 aliphatic carbocycles. The van der Waals surface area contributed by atoms with E-state index in [-0.39, 0.29) is 21.6 Å². The Bertz CT molecular complexity index is 669. The lowest BCUT2D eigenvalue weighted by Crippen LogP contribution is -2.24. The fourth-order valence-corrected chi connectivity index (χ4v) is 4.07. The summed E-state index contributed by atoms with van der Waals surface area (Å²) >= 11 is 2.98. The monoisotopic (exact) mass is 358 g/mol. The zero-order chi connectivity index (χ0) is 14.1. The van der Waals surface area contributed by atoms with E-state index >= 15 is 0 Å². The lowest BCUT2D eigenvalue weighted by molar-refractivity contribution is 0.483. The first-order valence-corrected chi connectivity index (χ1v) is 8.37. The minimum Gasteiger partial charge on any atom is -0.398 e. The molecule has 10 heteroatoms. The van der Waals surface area contributed by atoms with E-state index < -0.39 is 25.0 Å². The maximum atomic E-state index is 11.8. The van der Waals surface area contributed by atoms with E-state index in [1.807, 2.05) is 0 Å². The van der Waals surface area contributed by atoms with E-state index in [0.29, 0.717) is 0 Å². The van der Waals surface area contributed by atoms with Crippen LogP contribution in [0.25, 0.3) is 0 Å². The van der Waals surface area contributed by atoms with Crippen LogP contribution in [0.4, 0.5) is 5.69 Å². The van der Waals surface area contributed by atoms with E-state index in [1.165, 1.54) is 0 Å². The first kappa shape index (κ1) is 15.4. The molecule has 18 heavy (non-hydrogen) atoms. The standard InChI is InChI=1S/C8H11BrN2O5S2/c1-2-11-17(12,13)7-4-8(18(14,15)16)6(10)3-5(7)9/h3-4,11H,2,10H2,1H3,(H,14,15,16). The van der Waals surface area contributed by atoms with Crippen LogP contribution in [0.2, 0.25) is 0 Å². The number of rotatable bonds is 4. The number of hydrogen-bond donors (Lipinski definition) is 3. The summed E-state index contributed by atoms with van der Waals surface area (Å²) in [5, 5.41) is 0. The molecule has 0 radical (unpaired) electrons. The molecule has 0 amide bonds. The topological polar surface area (TPSA) is 127 Å². The molecular weight excluding hydrogens is 348 g/mol. The zero-order valence-electron chi connectivity index (χ0n) is 9.21. The Hall–Kier alpha value is -0.680. The number of nitrogen functional groups attached to an aromatic ring is 1. The summed E-state index contributed by atoms with van der Waals surface area (Å²) in [5.74, 6) is 0. The number of halogens is 1. The summed E-state index contributed by atoms with van der Waals surface area (Å²) in [6, 6.07) is 1.90. The molecule has 0 saturated carbocycles. The molecule has 0 aromatic heterocycles. The lowest BCUT2D eigenvalue weighted by atomic mass is 10.3. The van der Waals surface area contributed by atoms with Crippen molar-refractivity contribution in [1.82, 2.24) is 4.72 Å². The van der Waals surface area contributed by atoms with Crippen LogP contribution in [-0.4, -0.2) is 27.9 Å². The second kappa shape index (κ2) is 5.13. The van der Waals surface area contributed by atoms with Crippen molar-refractivity contribution in [2.45, 2.75) is 16.7 Å². The van der Waals surface area contributed by atoms with Crippen LogP contribution in [-0.2, 0) is 20.1 Å². The third kappa shape index (κ3) is 3.20. The largest absolute Gasteiger partial charge is 0.398 e. The van der Waals surface area contributed by atoms with Gasteiger partial charge in [0.2, 0.25) is 10.0 Å². The molecule has 0 fully saturated rings. The van der Waals surface area contributed by atoms with Gasteiger partial charge in [0, 0.05) is 11.0 Å². The molecule has 0 heterocycles. The van der Waals surface area contributed by atoms with Gasteiger partial charge in [-0.25, -0.2) is 13.1 Å². The number of anilines is 1. The predicted molar refractivity (Wildman–Crippen MR) is 69.2 cm³/mol. The second-order valence-electron chi connectivity index (χ2n) is 3.30. The van der Waals surface area contributed by atoms with E-state index in [1.54, 1.807) is 6.92 Å². The summed E-state index contributed by atoms with van der Waals surface area (Å²) in [6.45, 7) is 1.72. The van der Waals surface area contributed by atoms with E-state index in [4.69, 9.17) is 10.3 Å².